The van der Waals surface area contributed by atoms with Gasteiger partial charge in [0.25, 0.3) is 5.91 Å². The molecule has 1 aromatic carbocycles. The molecule has 1 saturated carbocycles. The number of fused-ring (bicyclic) bond motifs is 1. The van der Waals surface area contributed by atoms with Gasteiger partial charge in [-0.25, -0.2) is 4.79 Å². The molecule has 29 heavy (non-hydrogen) atoms. The number of likely N-dealkylation sites (tertiary alicyclic amines) is 1. The van der Waals surface area contributed by atoms with Crippen LogP contribution in [0, 0.1) is 5.92 Å². The second-order valence-electron chi connectivity index (χ2n) is 8.47. The van der Waals surface area contributed by atoms with Crippen LogP contribution >= 0.6 is 0 Å². The van der Waals surface area contributed by atoms with Crippen LogP contribution < -0.4 is 21.3 Å². The molecule has 2 heterocycles. The molecule has 4 amide bonds. The molecule has 0 aromatic heterocycles. The first kappa shape index (κ1) is 19.7. The number of carbonyl (C=O) groups is 3. The average Bonchev–Trinajstić information content (AvgIpc) is 3.42. The fraction of sp³-hybridized carbons (Fsp3) is 0.571. The number of benzene rings is 1. The number of hydrogen-bond acceptors (Lipinski definition) is 4. The fourth-order valence-electron chi connectivity index (χ4n) is 4.09. The Hall–Kier alpha value is -2.61. The van der Waals surface area contributed by atoms with Gasteiger partial charge in [0, 0.05) is 43.7 Å². The zero-order valence-corrected chi connectivity index (χ0v) is 16.8. The maximum absolute atomic E-state index is 13.2. The van der Waals surface area contributed by atoms with Gasteiger partial charge in [-0.2, -0.15) is 0 Å². The van der Waals surface area contributed by atoms with E-state index in [2.05, 4.69) is 10.6 Å². The number of rotatable bonds is 4. The van der Waals surface area contributed by atoms with Crippen LogP contribution in [0.25, 0.3) is 0 Å². The molecule has 4 N–H and O–H groups in total. The van der Waals surface area contributed by atoms with E-state index in [0.717, 1.165) is 18.8 Å². The number of hydrogen-bond donors (Lipinski definition) is 3. The Kier molecular flexibility index (Phi) is 5.45. The molecule has 8 nitrogen and oxygen atoms in total. The van der Waals surface area contributed by atoms with Crippen LogP contribution in [0.15, 0.2) is 18.2 Å². The largest absolute Gasteiger partial charge is 0.352 e. The van der Waals surface area contributed by atoms with Crippen LogP contribution in [0.3, 0.4) is 0 Å². The molecule has 8 heteroatoms. The van der Waals surface area contributed by atoms with Crippen LogP contribution in [-0.4, -0.2) is 54.5 Å². The lowest BCUT2D eigenvalue weighted by atomic mass is 10.1. The van der Waals surface area contributed by atoms with E-state index >= 15 is 0 Å². The summed E-state index contributed by atoms with van der Waals surface area (Å²) < 4.78 is 0. The molecule has 1 saturated heterocycles. The number of amides is 4. The van der Waals surface area contributed by atoms with E-state index in [1.165, 1.54) is 12.8 Å². The number of nitrogens with zero attached hydrogens (tertiary/aromatic N) is 2. The highest BCUT2D eigenvalue weighted by atomic mass is 16.2. The molecule has 0 bridgehead atoms. The SMILES string of the molecule is C[C@H]1CC(=O)Nc2cc(C(=O)NCCC3CC3)ccc2N1C(=O)N1CC[C@H](N)C1. The molecule has 0 radical (unpaired) electrons. The van der Waals surface area contributed by atoms with Gasteiger partial charge in [-0.05, 0) is 43.9 Å². The van der Waals surface area contributed by atoms with Crippen molar-refractivity contribution in [3.63, 3.8) is 0 Å². The topological polar surface area (TPSA) is 108 Å². The van der Waals surface area contributed by atoms with Crippen LogP contribution in [-0.2, 0) is 4.79 Å². The van der Waals surface area contributed by atoms with Gasteiger partial charge in [0.1, 0.15) is 0 Å². The van der Waals surface area contributed by atoms with Gasteiger partial charge in [0.2, 0.25) is 5.91 Å². The van der Waals surface area contributed by atoms with Gasteiger partial charge in [-0.15, -0.1) is 0 Å². The van der Waals surface area contributed by atoms with E-state index in [9.17, 15) is 14.4 Å². The van der Waals surface area contributed by atoms with Crippen molar-refractivity contribution in [1.29, 1.82) is 0 Å². The minimum absolute atomic E-state index is 0.0119. The summed E-state index contributed by atoms with van der Waals surface area (Å²) in [6, 6.07) is 4.67. The standard InChI is InChI=1S/C21H29N5O3/c1-13-10-19(27)24-17-11-15(20(28)23-8-6-14-2-3-14)4-5-18(17)26(13)21(29)25-9-7-16(22)12-25/h4-5,11,13-14,16H,2-3,6-10,12,22H2,1H3,(H,23,28)(H,24,27)/t13-,16-/m0/s1. The molecule has 0 unspecified atom stereocenters. The zero-order chi connectivity index (χ0) is 20.5. The maximum atomic E-state index is 13.2. The lowest BCUT2D eigenvalue weighted by molar-refractivity contribution is -0.116. The Bertz CT molecular complexity index is 823. The number of carbonyl (C=O) groups excluding carboxylic acids is 3. The lowest BCUT2D eigenvalue weighted by Crippen LogP contribution is -2.47. The monoisotopic (exact) mass is 399 g/mol. The summed E-state index contributed by atoms with van der Waals surface area (Å²) in [5.41, 5.74) is 7.55. The van der Waals surface area contributed by atoms with Gasteiger partial charge in [0.05, 0.1) is 11.4 Å². The first-order valence-electron chi connectivity index (χ1n) is 10.5. The Morgan fingerprint density at radius 1 is 1.28 bits per heavy atom. The normalized spacial score (nSPS) is 24.0. The Labute approximate surface area is 170 Å². The summed E-state index contributed by atoms with van der Waals surface area (Å²) in [6.07, 6.45) is 4.49. The van der Waals surface area contributed by atoms with Gasteiger partial charge in [-0.1, -0.05) is 12.8 Å². The van der Waals surface area contributed by atoms with E-state index in [1.54, 1.807) is 28.0 Å². The molecule has 1 aromatic rings. The van der Waals surface area contributed by atoms with E-state index in [4.69, 9.17) is 5.73 Å². The fourth-order valence-corrected chi connectivity index (χ4v) is 4.09. The molecular formula is C21H29N5O3. The molecule has 2 aliphatic heterocycles. The number of nitrogens with one attached hydrogen (secondary N) is 2. The first-order valence-corrected chi connectivity index (χ1v) is 10.5. The summed E-state index contributed by atoms with van der Waals surface area (Å²) >= 11 is 0. The number of nitrogens with two attached hydrogens (primary N) is 1. The van der Waals surface area contributed by atoms with Gasteiger partial charge in [0.15, 0.2) is 0 Å². The minimum atomic E-state index is -0.293. The highest BCUT2D eigenvalue weighted by molar-refractivity contribution is 6.06. The van der Waals surface area contributed by atoms with Gasteiger partial charge >= 0.3 is 6.03 Å². The molecular weight excluding hydrogens is 370 g/mol. The van der Waals surface area contributed by atoms with E-state index in [-0.39, 0.29) is 36.3 Å². The van der Waals surface area contributed by atoms with Crippen molar-refractivity contribution in [2.24, 2.45) is 11.7 Å². The molecule has 4 rings (SSSR count). The third-order valence-electron chi connectivity index (χ3n) is 5.95. The summed E-state index contributed by atoms with van der Waals surface area (Å²) in [7, 11) is 0. The van der Waals surface area contributed by atoms with Gasteiger partial charge in [-0.3, -0.25) is 14.5 Å². The van der Waals surface area contributed by atoms with E-state index in [1.807, 2.05) is 6.92 Å². The Morgan fingerprint density at radius 2 is 2.07 bits per heavy atom. The van der Waals surface area contributed by atoms with Crippen molar-refractivity contribution in [3.8, 4) is 0 Å². The lowest BCUT2D eigenvalue weighted by Gasteiger charge is -2.32. The van der Waals surface area contributed by atoms with E-state index < -0.39 is 0 Å². The quantitative estimate of drug-likeness (QED) is 0.719. The summed E-state index contributed by atoms with van der Waals surface area (Å²) in [4.78, 5) is 41.4. The Morgan fingerprint density at radius 3 is 2.76 bits per heavy atom. The van der Waals surface area contributed by atoms with Crippen molar-refractivity contribution < 1.29 is 14.4 Å². The minimum Gasteiger partial charge on any atom is -0.352 e. The van der Waals surface area contributed by atoms with Crippen molar-refractivity contribution in [2.75, 3.05) is 29.9 Å². The van der Waals surface area contributed by atoms with Crippen molar-refractivity contribution >= 4 is 29.2 Å². The summed E-state index contributed by atoms with van der Waals surface area (Å²) in [5.74, 6) is 0.420. The molecule has 2 fully saturated rings. The average molecular weight is 399 g/mol. The predicted molar refractivity (Wildman–Crippen MR) is 111 cm³/mol. The third-order valence-corrected chi connectivity index (χ3v) is 5.95. The molecule has 156 valence electrons. The van der Waals surface area contributed by atoms with Crippen LogP contribution in [0.2, 0.25) is 0 Å². The van der Waals surface area contributed by atoms with Crippen molar-refractivity contribution in [3.05, 3.63) is 23.8 Å². The summed E-state index contributed by atoms with van der Waals surface area (Å²) in [5, 5.41) is 5.80. The third kappa shape index (κ3) is 4.37. The van der Waals surface area contributed by atoms with Crippen LogP contribution in [0.4, 0.5) is 16.2 Å². The highest BCUT2D eigenvalue weighted by Gasteiger charge is 2.35. The highest BCUT2D eigenvalue weighted by Crippen LogP contribution is 2.34. The molecule has 1 aliphatic carbocycles. The number of urea groups is 1. The van der Waals surface area contributed by atoms with Crippen molar-refractivity contribution in [1.82, 2.24) is 10.2 Å². The van der Waals surface area contributed by atoms with Gasteiger partial charge < -0.3 is 21.3 Å². The Balaban J connectivity index is 1.56. The van der Waals surface area contributed by atoms with E-state index in [0.29, 0.717) is 36.6 Å². The second-order valence-corrected chi connectivity index (χ2v) is 8.47. The number of anilines is 2. The predicted octanol–water partition coefficient (Wildman–Crippen LogP) is 1.91. The first-order chi connectivity index (χ1) is 13.9. The maximum Gasteiger partial charge on any atom is 0.324 e. The van der Waals surface area contributed by atoms with Crippen molar-refractivity contribution in [2.45, 2.75) is 51.1 Å². The molecule has 2 atom stereocenters. The smallest absolute Gasteiger partial charge is 0.324 e. The zero-order valence-electron chi connectivity index (χ0n) is 16.8. The van der Waals surface area contributed by atoms with Crippen LogP contribution in [0.5, 0.6) is 0 Å². The van der Waals surface area contributed by atoms with Crippen LogP contribution in [0.1, 0.15) is 49.4 Å². The summed E-state index contributed by atoms with van der Waals surface area (Å²) in [6.45, 7) is 3.65. The molecule has 0 spiro atoms. The second kappa shape index (κ2) is 8.02. The molecule has 3 aliphatic rings.